The van der Waals surface area contributed by atoms with Crippen molar-refractivity contribution in [2.24, 2.45) is 10.1 Å². The van der Waals surface area contributed by atoms with Crippen molar-refractivity contribution < 1.29 is 24.1 Å². The molecule has 0 spiro atoms. The molecule has 0 bridgehead atoms. The molecule has 3 heterocycles. The number of aromatic nitrogens is 5. The maximum atomic E-state index is 15.8. The lowest BCUT2D eigenvalue weighted by atomic mass is 9.95. The Balaban J connectivity index is 2.04. The highest BCUT2D eigenvalue weighted by Crippen LogP contribution is 2.26. The van der Waals surface area contributed by atoms with Crippen LogP contribution < -0.4 is 11.0 Å². The first-order valence-corrected chi connectivity index (χ1v) is 13.1. The zero-order valence-corrected chi connectivity index (χ0v) is 24.6. The predicted octanol–water partition coefficient (Wildman–Crippen LogP) is 3.01. The van der Waals surface area contributed by atoms with Gasteiger partial charge in [0.1, 0.15) is 22.4 Å². The minimum absolute atomic E-state index is 0.00473. The van der Waals surface area contributed by atoms with Crippen LogP contribution in [0.25, 0.3) is 12.0 Å². The van der Waals surface area contributed by atoms with E-state index in [9.17, 15) is 9.18 Å². The normalized spacial score (nSPS) is 14.0. The van der Waals surface area contributed by atoms with Crippen molar-refractivity contribution >= 4 is 35.4 Å². The fourth-order valence-corrected chi connectivity index (χ4v) is 4.31. The Hall–Kier alpha value is -4.44. The third-order valence-electron chi connectivity index (χ3n) is 5.93. The lowest BCUT2D eigenvalue weighted by molar-refractivity contribution is -0.331. The average molecular weight is 618 g/mol. The lowest BCUT2D eigenvalue weighted by Crippen LogP contribution is -2.42. The summed E-state index contributed by atoms with van der Waals surface area (Å²) in [7, 11) is 0. The van der Waals surface area contributed by atoms with Crippen LogP contribution in [0.2, 0.25) is 5.02 Å². The number of rotatable bonds is 11. The van der Waals surface area contributed by atoms with Crippen molar-refractivity contribution in [1.29, 1.82) is 5.41 Å². The van der Waals surface area contributed by atoms with Gasteiger partial charge in [-0.1, -0.05) is 24.6 Å². The summed E-state index contributed by atoms with van der Waals surface area (Å²) >= 11 is 6.40. The monoisotopic (exact) mass is 617 g/mol. The van der Waals surface area contributed by atoms with Gasteiger partial charge >= 0.3 is 6.10 Å². The van der Waals surface area contributed by atoms with Crippen LogP contribution in [-0.2, 0) is 0 Å². The molecular formula is C27H30ClF2N9O4. The molecule has 5 N–H and O–H groups in total. The molecule has 3 rings (SSSR count). The average Bonchev–Trinajstić information content (AvgIpc) is 3.28. The van der Waals surface area contributed by atoms with Gasteiger partial charge in [0.15, 0.2) is 17.5 Å². The molecule has 228 valence electrons. The number of nitrogens with one attached hydrogen (secondary N) is 2. The molecule has 1 atom stereocenters. The van der Waals surface area contributed by atoms with Crippen LogP contribution in [-0.4, -0.2) is 63.4 Å². The zero-order chi connectivity index (χ0) is 32.1. The van der Waals surface area contributed by atoms with E-state index in [-0.39, 0.29) is 34.4 Å². The van der Waals surface area contributed by atoms with E-state index in [1.165, 1.54) is 16.9 Å². The zero-order valence-electron chi connectivity index (χ0n) is 23.8. The van der Waals surface area contributed by atoms with Gasteiger partial charge in [-0.3, -0.25) is 14.4 Å². The van der Waals surface area contributed by atoms with Gasteiger partial charge in [0.05, 0.1) is 17.6 Å². The number of hydrazone groups is 1. The maximum Gasteiger partial charge on any atom is 0.382 e. The van der Waals surface area contributed by atoms with Crippen molar-refractivity contribution in [3.8, 4) is 5.82 Å². The maximum absolute atomic E-state index is 15.8. The molecule has 0 aliphatic carbocycles. The van der Waals surface area contributed by atoms with Crippen LogP contribution in [0.4, 0.5) is 8.78 Å². The molecule has 0 aliphatic rings. The molecule has 43 heavy (non-hydrogen) atoms. The van der Waals surface area contributed by atoms with Crippen molar-refractivity contribution in [2.45, 2.75) is 53.1 Å². The molecule has 1 unspecified atom stereocenters. The second kappa shape index (κ2) is 13.7. The Bertz CT molecular complexity index is 1710. The van der Waals surface area contributed by atoms with Crippen molar-refractivity contribution in [1.82, 2.24) is 29.7 Å². The largest absolute Gasteiger partial charge is 0.382 e. The van der Waals surface area contributed by atoms with Crippen LogP contribution in [0.5, 0.6) is 0 Å². The third-order valence-corrected chi connectivity index (χ3v) is 6.31. The van der Waals surface area contributed by atoms with Gasteiger partial charge in [-0.25, -0.2) is 24.2 Å². The summed E-state index contributed by atoms with van der Waals surface area (Å²) in [4.78, 5) is 25.8. The second-order valence-electron chi connectivity index (χ2n) is 9.39. The quantitative estimate of drug-likeness (QED) is 0.123. The number of allylic oxidation sites excluding steroid dienone is 2. The first-order chi connectivity index (χ1) is 20.2. The first kappa shape index (κ1) is 33.1. The topological polar surface area (TPSA) is 187 Å². The summed E-state index contributed by atoms with van der Waals surface area (Å²) in [5.41, 5.74) is 1.24. The molecule has 13 nitrogen and oxygen atoms in total. The van der Waals surface area contributed by atoms with E-state index in [0.29, 0.717) is 22.9 Å². The van der Waals surface area contributed by atoms with E-state index < -0.39 is 29.2 Å². The molecule has 0 aliphatic heterocycles. The molecule has 0 saturated carbocycles. The van der Waals surface area contributed by atoms with Gasteiger partial charge < -0.3 is 20.7 Å². The summed E-state index contributed by atoms with van der Waals surface area (Å²) in [6, 6.07) is 3.89. The van der Waals surface area contributed by atoms with Crippen LogP contribution in [0, 0.1) is 32.0 Å². The summed E-state index contributed by atoms with van der Waals surface area (Å²) in [5, 5.41) is 41.8. The lowest BCUT2D eigenvalue weighted by Gasteiger charge is -2.17. The third kappa shape index (κ3) is 8.10. The van der Waals surface area contributed by atoms with Crippen LogP contribution in [0.15, 0.2) is 51.2 Å². The van der Waals surface area contributed by atoms with E-state index in [4.69, 9.17) is 32.3 Å². The highest BCUT2D eigenvalue weighted by molar-refractivity contribution is 6.32. The Labute approximate surface area is 249 Å². The van der Waals surface area contributed by atoms with Crippen molar-refractivity contribution in [3.05, 3.63) is 86.1 Å². The second-order valence-corrected chi connectivity index (χ2v) is 9.77. The first-order valence-electron chi connectivity index (χ1n) is 12.7. The molecule has 0 fully saturated rings. The number of halogens is 3. The molecule has 3 aromatic rings. The molecule has 0 radical (unpaired) electrons. The number of hydrogen-bond donors (Lipinski definition) is 5. The number of aliphatic hydroxyl groups is 3. The van der Waals surface area contributed by atoms with E-state index in [1.807, 2.05) is 0 Å². The van der Waals surface area contributed by atoms with Gasteiger partial charge in [-0.2, -0.15) is 9.78 Å². The summed E-state index contributed by atoms with van der Waals surface area (Å²) in [6.07, 6.45) is 1.32. The molecule has 0 aromatic carbocycles. The van der Waals surface area contributed by atoms with Crippen LogP contribution in [0.1, 0.15) is 54.8 Å². The van der Waals surface area contributed by atoms with Gasteiger partial charge in [0, 0.05) is 18.1 Å². The van der Waals surface area contributed by atoms with Gasteiger partial charge in [0.25, 0.3) is 5.56 Å². The number of hydrogen-bond acceptors (Lipinski definition) is 11. The van der Waals surface area contributed by atoms with Gasteiger partial charge in [0.2, 0.25) is 0 Å². The van der Waals surface area contributed by atoms with Crippen LogP contribution >= 0.6 is 11.6 Å². The van der Waals surface area contributed by atoms with E-state index in [2.05, 4.69) is 25.2 Å². The smallest absolute Gasteiger partial charge is 0.324 e. The van der Waals surface area contributed by atoms with Crippen LogP contribution in [0.3, 0.4) is 0 Å². The number of aliphatic imine (C=N–C) groups is 1. The molecule has 3 aromatic heterocycles. The van der Waals surface area contributed by atoms with E-state index in [0.717, 1.165) is 23.0 Å². The number of nitrogens with zero attached hydrogens (tertiary/aromatic N) is 7. The Morgan fingerprint density at radius 3 is 2.53 bits per heavy atom. The highest BCUT2D eigenvalue weighted by Gasteiger charge is 2.22. The summed E-state index contributed by atoms with van der Waals surface area (Å²) in [6.45, 7) is 8.15. The Morgan fingerprint density at radius 1 is 1.26 bits per heavy atom. The minimum atomic E-state index is -3.28. The molecule has 16 heteroatoms. The molecule has 0 amide bonds. The van der Waals surface area contributed by atoms with Gasteiger partial charge in [-0.15, -0.1) is 5.10 Å². The fourth-order valence-electron chi connectivity index (χ4n) is 3.98. The highest BCUT2D eigenvalue weighted by atomic mass is 35.5. The van der Waals surface area contributed by atoms with Crippen molar-refractivity contribution in [2.75, 3.05) is 0 Å². The fraction of sp³-hybridized carbons (Fsp3) is 0.296. The predicted molar refractivity (Wildman–Crippen MR) is 158 cm³/mol. The standard InChI is InChI=1S/C27H30ClF2N9O4/c1-6-9-32-24(22-8-7-20(29)25(34-22)39-17(5)33-16(4)36-39)21(30)13-38-15(3)11-19(23(28)26(38)40)14(2)10-18(12-31)35-37-27(41,42)43/h6-9,11-14,31,37,41-43H,10H2,1-5H3/b9-6+,21-13-,31-12?,32-24-,35-18-. The molecule has 0 saturated heterocycles. The Morgan fingerprint density at radius 2 is 1.95 bits per heavy atom. The van der Waals surface area contributed by atoms with E-state index in [1.54, 1.807) is 52.2 Å². The summed E-state index contributed by atoms with van der Waals surface area (Å²) < 4.78 is 32.8. The number of aryl methyl sites for hydroxylation is 3. The minimum Gasteiger partial charge on any atom is -0.324 e. The SMILES string of the molecule is C/C=C/N=C(/C(F)=C/n1c(C)cc(C(C)C/C(C=N)=N/NC(O)(O)O)c(Cl)c1=O)c1ccc(F)c(-n2nc(C)nc2C)n1. The Kier molecular flexibility index (Phi) is 10.5. The summed E-state index contributed by atoms with van der Waals surface area (Å²) in [5.74, 6) is -1.65. The van der Waals surface area contributed by atoms with E-state index >= 15 is 4.39 Å². The molecular weight excluding hydrogens is 588 g/mol. The van der Waals surface area contributed by atoms with Crippen molar-refractivity contribution in [3.63, 3.8) is 0 Å². The van der Waals surface area contributed by atoms with Gasteiger partial charge in [-0.05, 0) is 63.8 Å². The number of pyridine rings is 2.